The van der Waals surface area contributed by atoms with Gasteiger partial charge in [0.25, 0.3) is 5.56 Å². The van der Waals surface area contributed by atoms with Crippen LogP contribution in [0.25, 0.3) is 10.9 Å². The van der Waals surface area contributed by atoms with Crippen molar-refractivity contribution in [3.05, 3.63) is 34.4 Å². The van der Waals surface area contributed by atoms with Gasteiger partial charge < -0.3 is 4.90 Å². The van der Waals surface area contributed by atoms with Gasteiger partial charge in [0, 0.05) is 31.0 Å². The molecule has 0 fully saturated rings. The fraction of sp³-hybridized carbons (Fsp3) is 0.550. The summed E-state index contributed by atoms with van der Waals surface area (Å²) < 4.78 is 4.72. The van der Waals surface area contributed by atoms with Crippen LogP contribution in [0.3, 0.4) is 0 Å². The average molecular weight is 389 g/mol. The maximum absolute atomic E-state index is 12.9. The molecule has 0 bridgehead atoms. The van der Waals surface area contributed by atoms with Crippen molar-refractivity contribution in [1.82, 2.24) is 19.2 Å². The largest absolute Gasteiger partial charge is 0.327 e. The molecule has 7 heteroatoms. The summed E-state index contributed by atoms with van der Waals surface area (Å²) in [5, 5.41) is 0.623. The molecule has 0 spiro atoms. The molecule has 0 saturated carbocycles. The lowest BCUT2D eigenvalue weighted by molar-refractivity contribution is 0.206. The second-order valence-corrected chi connectivity index (χ2v) is 7.80. The molecule has 3 rings (SSSR count). The lowest BCUT2D eigenvalue weighted by atomic mass is 10.2. The molecule has 1 aliphatic heterocycles. The van der Waals surface area contributed by atoms with Crippen molar-refractivity contribution in [2.75, 3.05) is 13.1 Å². The molecule has 1 aliphatic rings. The molecule has 2 aromatic rings. The molecule has 6 nitrogen and oxygen atoms in total. The molecule has 2 amide bonds. The van der Waals surface area contributed by atoms with Gasteiger partial charge in [-0.3, -0.25) is 14.1 Å². The minimum absolute atomic E-state index is 0.0313. The van der Waals surface area contributed by atoms with E-state index in [9.17, 15) is 9.59 Å². The molecule has 0 radical (unpaired) electrons. The molecule has 0 aliphatic carbocycles. The van der Waals surface area contributed by atoms with E-state index in [-0.39, 0.29) is 11.6 Å². The van der Waals surface area contributed by atoms with Crippen LogP contribution in [0.5, 0.6) is 0 Å². The van der Waals surface area contributed by atoms with E-state index in [1.807, 2.05) is 29.7 Å². The normalized spacial score (nSPS) is 13.9. The van der Waals surface area contributed by atoms with E-state index < -0.39 is 0 Å². The number of nitrogens with zero attached hydrogens (tertiary/aromatic N) is 3. The third kappa shape index (κ3) is 4.64. The summed E-state index contributed by atoms with van der Waals surface area (Å²) in [7, 11) is 0. The second kappa shape index (κ2) is 9.26. The number of amides is 2. The van der Waals surface area contributed by atoms with Crippen molar-refractivity contribution in [2.24, 2.45) is 0 Å². The first-order valence-corrected chi connectivity index (χ1v) is 10.7. The highest BCUT2D eigenvalue weighted by Crippen LogP contribution is 2.21. The predicted octanol–water partition coefficient (Wildman–Crippen LogP) is 3.96. The highest BCUT2D eigenvalue weighted by Gasteiger charge is 2.15. The van der Waals surface area contributed by atoms with Crippen LogP contribution in [-0.2, 0) is 13.0 Å². The van der Waals surface area contributed by atoms with Gasteiger partial charge in [-0.1, -0.05) is 19.8 Å². The van der Waals surface area contributed by atoms with E-state index >= 15 is 0 Å². The maximum Gasteiger partial charge on any atom is 0.327 e. The second-order valence-electron chi connectivity index (χ2n) is 6.92. The van der Waals surface area contributed by atoms with Crippen LogP contribution in [0.4, 0.5) is 4.79 Å². The van der Waals surface area contributed by atoms with Crippen LogP contribution < -0.4 is 10.3 Å². The number of hydrogen-bond donors (Lipinski definition) is 1. The molecule has 1 aromatic heterocycles. The number of nitrogens with one attached hydrogen (secondary N) is 1. The lowest BCUT2D eigenvalue weighted by Crippen LogP contribution is -2.37. The van der Waals surface area contributed by atoms with Gasteiger partial charge in [0.2, 0.25) is 0 Å². The summed E-state index contributed by atoms with van der Waals surface area (Å²) in [6.07, 6.45) is 6.16. The zero-order valence-electron chi connectivity index (χ0n) is 16.2. The van der Waals surface area contributed by atoms with Crippen LogP contribution in [0.2, 0.25) is 0 Å². The average Bonchev–Trinajstić information content (AvgIpc) is 2.93. The number of benzene rings is 1. The number of rotatable bonds is 6. The zero-order valence-corrected chi connectivity index (χ0v) is 17.0. The quantitative estimate of drug-likeness (QED) is 0.761. The zero-order chi connectivity index (χ0) is 19.2. The van der Waals surface area contributed by atoms with Crippen molar-refractivity contribution < 1.29 is 4.79 Å². The minimum Gasteiger partial charge on any atom is -0.324 e. The standard InChI is InChI=1S/C20H28N4O2S/c1-3-5-12-23(4-2)20(26)22-27-15-10-11-17-16(14-15)19(25)24-13-8-6-7-9-18(24)21-17/h10-11,14H,3-9,12-13H2,1-2H3,(H,22,26). The van der Waals surface area contributed by atoms with Crippen LogP contribution >= 0.6 is 11.9 Å². The Morgan fingerprint density at radius 1 is 1.30 bits per heavy atom. The van der Waals surface area contributed by atoms with E-state index in [0.29, 0.717) is 11.9 Å². The van der Waals surface area contributed by atoms with Gasteiger partial charge in [-0.15, -0.1) is 0 Å². The van der Waals surface area contributed by atoms with Crippen LogP contribution in [0.15, 0.2) is 27.9 Å². The predicted molar refractivity (Wildman–Crippen MR) is 110 cm³/mol. The molecule has 146 valence electrons. The van der Waals surface area contributed by atoms with Gasteiger partial charge >= 0.3 is 6.03 Å². The highest BCUT2D eigenvalue weighted by molar-refractivity contribution is 7.98. The Labute approximate surface area is 164 Å². The third-order valence-corrected chi connectivity index (χ3v) is 5.76. The summed E-state index contributed by atoms with van der Waals surface area (Å²) >= 11 is 1.25. The van der Waals surface area contributed by atoms with Gasteiger partial charge in [0.1, 0.15) is 5.82 Å². The minimum atomic E-state index is -0.0900. The van der Waals surface area contributed by atoms with Crippen molar-refractivity contribution in [3.63, 3.8) is 0 Å². The van der Waals surface area contributed by atoms with E-state index in [1.165, 1.54) is 11.9 Å². The molecule has 1 N–H and O–H groups in total. The fourth-order valence-corrected chi connectivity index (χ4v) is 4.03. The number of urea groups is 1. The molecule has 0 unspecified atom stereocenters. The van der Waals surface area contributed by atoms with Crippen molar-refractivity contribution in [3.8, 4) is 0 Å². The lowest BCUT2D eigenvalue weighted by Gasteiger charge is -2.20. The Morgan fingerprint density at radius 3 is 2.93 bits per heavy atom. The molecule has 27 heavy (non-hydrogen) atoms. The van der Waals surface area contributed by atoms with E-state index in [2.05, 4.69) is 11.6 Å². The molecule has 1 aromatic carbocycles. The Balaban J connectivity index is 1.77. The summed E-state index contributed by atoms with van der Waals surface area (Å²) in [4.78, 5) is 32.6. The highest BCUT2D eigenvalue weighted by atomic mass is 32.2. The summed E-state index contributed by atoms with van der Waals surface area (Å²) in [6.45, 7) is 6.28. The number of aryl methyl sites for hydroxylation is 1. The molecular weight excluding hydrogens is 360 g/mol. The van der Waals surface area contributed by atoms with E-state index in [1.54, 1.807) is 4.90 Å². The first kappa shape index (κ1) is 19.7. The molecule has 0 saturated heterocycles. The Morgan fingerprint density at radius 2 is 2.15 bits per heavy atom. The Hall–Kier alpha value is -2.02. The van der Waals surface area contributed by atoms with Crippen molar-refractivity contribution in [2.45, 2.75) is 63.8 Å². The molecule has 2 heterocycles. The first-order valence-electron chi connectivity index (χ1n) is 9.89. The van der Waals surface area contributed by atoms with Gasteiger partial charge in [-0.25, -0.2) is 9.78 Å². The van der Waals surface area contributed by atoms with Crippen LogP contribution in [-0.4, -0.2) is 33.6 Å². The van der Waals surface area contributed by atoms with E-state index in [4.69, 9.17) is 4.98 Å². The SMILES string of the molecule is CCCCN(CC)C(=O)NSc1ccc2nc3n(c(=O)c2c1)CCCCC3. The third-order valence-electron chi connectivity index (χ3n) is 4.99. The van der Waals surface area contributed by atoms with Gasteiger partial charge in [0.05, 0.1) is 10.9 Å². The van der Waals surface area contributed by atoms with E-state index in [0.717, 1.165) is 67.9 Å². The van der Waals surface area contributed by atoms with Crippen molar-refractivity contribution >= 4 is 28.9 Å². The summed E-state index contributed by atoms with van der Waals surface area (Å²) in [6, 6.07) is 5.55. The number of hydrogen-bond acceptors (Lipinski definition) is 4. The van der Waals surface area contributed by atoms with Gasteiger partial charge in [-0.05, 0) is 56.3 Å². The fourth-order valence-electron chi connectivity index (χ4n) is 3.38. The van der Waals surface area contributed by atoms with Gasteiger partial charge in [0.15, 0.2) is 0 Å². The summed E-state index contributed by atoms with van der Waals surface area (Å²) in [5.74, 6) is 0.896. The van der Waals surface area contributed by atoms with Crippen LogP contribution in [0.1, 0.15) is 51.8 Å². The van der Waals surface area contributed by atoms with Crippen LogP contribution in [0, 0.1) is 0 Å². The number of aromatic nitrogens is 2. The monoisotopic (exact) mass is 388 g/mol. The first-order chi connectivity index (χ1) is 13.1. The topological polar surface area (TPSA) is 67.2 Å². The number of unbranched alkanes of at least 4 members (excludes halogenated alkanes) is 1. The molecular formula is C20H28N4O2S. The smallest absolute Gasteiger partial charge is 0.324 e. The maximum atomic E-state index is 12.9. The molecule has 0 atom stereocenters. The summed E-state index contributed by atoms with van der Waals surface area (Å²) in [5.41, 5.74) is 0.769. The number of fused-ring (bicyclic) bond motifs is 2. The number of carbonyl (C=O) groups is 1. The van der Waals surface area contributed by atoms with Crippen molar-refractivity contribution in [1.29, 1.82) is 0 Å². The Bertz CT molecular complexity index is 865. The Kier molecular flexibility index (Phi) is 6.77. The number of carbonyl (C=O) groups excluding carboxylic acids is 1. The van der Waals surface area contributed by atoms with Gasteiger partial charge in [-0.2, -0.15) is 0 Å².